The highest BCUT2D eigenvalue weighted by Gasteiger charge is 2.60. The Balaban J connectivity index is 1.22. The number of sulfone groups is 1. The van der Waals surface area contributed by atoms with E-state index >= 15 is 4.39 Å². The Morgan fingerprint density at radius 3 is 2.39 bits per heavy atom. The van der Waals surface area contributed by atoms with Crippen molar-refractivity contribution < 1.29 is 45.0 Å². The lowest BCUT2D eigenvalue weighted by Crippen LogP contribution is -2.51. The lowest BCUT2D eigenvalue weighted by Gasteiger charge is -2.54. The van der Waals surface area contributed by atoms with Gasteiger partial charge in [0.2, 0.25) is 0 Å². The molecule has 2 saturated carbocycles. The monoisotopic (exact) mass is 655 g/mol. The Morgan fingerprint density at radius 2 is 1.68 bits per heavy atom. The largest absolute Gasteiger partial charge is 0.508 e. The number of rotatable bonds is 14. The van der Waals surface area contributed by atoms with Crippen molar-refractivity contribution in [2.24, 2.45) is 23.2 Å². The molecule has 0 spiro atoms. The van der Waals surface area contributed by atoms with Crippen molar-refractivity contribution in [3.8, 4) is 5.75 Å². The zero-order valence-electron chi connectivity index (χ0n) is 25.6. The summed E-state index contributed by atoms with van der Waals surface area (Å²) in [5.74, 6) is -5.24. The van der Waals surface area contributed by atoms with Gasteiger partial charge < -0.3 is 15.1 Å². The molecule has 2 N–H and O–H groups in total. The topological polar surface area (TPSA) is 77.8 Å². The molecule has 0 amide bonds. The molecule has 44 heavy (non-hydrogen) atoms. The molecule has 3 aliphatic carbocycles. The molecule has 4 rings (SSSR count). The molecule has 5 nitrogen and oxygen atoms in total. The van der Waals surface area contributed by atoms with E-state index in [1.165, 1.54) is 0 Å². The predicted molar refractivity (Wildman–Crippen MR) is 157 cm³/mol. The van der Waals surface area contributed by atoms with E-state index in [-0.39, 0.29) is 41.6 Å². The highest BCUT2D eigenvalue weighted by Crippen LogP contribution is 2.63. The molecule has 0 radical (unpaired) electrons. The maximum atomic E-state index is 15.9. The van der Waals surface area contributed by atoms with E-state index in [4.69, 9.17) is 0 Å². The molecule has 0 bridgehead atoms. The first-order valence-corrected chi connectivity index (χ1v) is 17.7. The van der Waals surface area contributed by atoms with Crippen molar-refractivity contribution in [1.29, 1.82) is 0 Å². The van der Waals surface area contributed by atoms with Crippen LogP contribution in [0.25, 0.3) is 0 Å². The Bertz CT molecular complexity index is 1230. The van der Waals surface area contributed by atoms with Gasteiger partial charge >= 0.3 is 12.1 Å². The molecule has 7 atom stereocenters. The second-order valence-electron chi connectivity index (χ2n) is 13.8. The standard InChI is InChI=1S/C32H47F6NO4S/c1-30-20-26(33)29-24-10-9-23(40)19-22(24)18-21(28(29)25(30)11-12-27(30)41)8-4-3-5-14-39(2)15-7-17-44(42,43)16-6-13-31(34,35)32(36,37)38/h9-10,19,21,25-29,40-41H,3-8,11-18,20H2,1-2H3/t21-,25+,26+,27+,28+,29+,30+/m1/s1. The molecule has 2 fully saturated rings. The van der Waals surface area contributed by atoms with Gasteiger partial charge in [0.25, 0.3) is 0 Å². The summed E-state index contributed by atoms with van der Waals surface area (Å²) in [4.78, 5) is 1.99. The van der Waals surface area contributed by atoms with Crippen molar-refractivity contribution in [3.63, 3.8) is 0 Å². The Kier molecular flexibility index (Phi) is 11.0. The first-order valence-electron chi connectivity index (χ1n) is 15.9. The molecule has 1 aromatic carbocycles. The number of phenolic OH excluding ortho intramolecular Hbond substituents is 1. The molecule has 0 aromatic heterocycles. The summed E-state index contributed by atoms with van der Waals surface area (Å²) < 4.78 is 103. The number of hydrogen-bond donors (Lipinski definition) is 2. The van der Waals surface area contributed by atoms with Crippen LogP contribution in [0.1, 0.15) is 88.2 Å². The molecular formula is C32H47F6NO4S. The van der Waals surface area contributed by atoms with E-state index in [1.54, 1.807) is 12.1 Å². The fraction of sp³-hybridized carbons (Fsp3) is 0.812. The van der Waals surface area contributed by atoms with Crippen LogP contribution in [0.5, 0.6) is 5.75 Å². The Hall–Kier alpha value is -1.53. The van der Waals surface area contributed by atoms with Crippen LogP contribution in [0, 0.1) is 23.2 Å². The van der Waals surface area contributed by atoms with E-state index in [1.807, 2.05) is 18.0 Å². The lowest BCUT2D eigenvalue weighted by molar-refractivity contribution is -0.284. The van der Waals surface area contributed by atoms with Gasteiger partial charge in [0.15, 0.2) is 0 Å². The van der Waals surface area contributed by atoms with Crippen LogP contribution >= 0.6 is 0 Å². The van der Waals surface area contributed by atoms with Crippen LogP contribution in [0.4, 0.5) is 26.3 Å². The second-order valence-corrected chi connectivity index (χ2v) is 16.1. The SMILES string of the molecule is CN(CCCCC[C@@H]1Cc2cc(O)ccc2[C@@H]2[C@@H]1[C@@H]1CC[C@H](O)[C@@]1(C)C[C@@H]2F)CCCS(=O)(=O)CCCC(F)(F)C(F)(F)F. The second kappa shape index (κ2) is 13.7. The van der Waals surface area contributed by atoms with Crippen molar-refractivity contribution in [2.75, 3.05) is 31.6 Å². The summed E-state index contributed by atoms with van der Waals surface area (Å²) in [7, 11) is -1.86. The fourth-order valence-corrected chi connectivity index (χ4v) is 9.78. The summed E-state index contributed by atoms with van der Waals surface area (Å²) >= 11 is 0. The van der Waals surface area contributed by atoms with Crippen molar-refractivity contribution in [1.82, 2.24) is 4.90 Å². The average Bonchev–Trinajstić information content (AvgIpc) is 3.20. The zero-order chi connectivity index (χ0) is 32.5. The van der Waals surface area contributed by atoms with Crippen LogP contribution in [0.15, 0.2) is 18.2 Å². The Labute approximate surface area is 257 Å². The number of phenols is 1. The van der Waals surface area contributed by atoms with Gasteiger partial charge in [-0.15, -0.1) is 0 Å². The number of aliphatic hydroxyl groups is 1. The van der Waals surface area contributed by atoms with Gasteiger partial charge in [-0.3, -0.25) is 0 Å². The van der Waals surface area contributed by atoms with Crippen molar-refractivity contribution in [3.05, 3.63) is 29.3 Å². The summed E-state index contributed by atoms with van der Waals surface area (Å²) in [6.07, 6.45) is -2.82. The van der Waals surface area contributed by atoms with Gasteiger partial charge in [0.1, 0.15) is 21.8 Å². The van der Waals surface area contributed by atoms with Gasteiger partial charge in [-0.25, -0.2) is 12.8 Å². The van der Waals surface area contributed by atoms with Crippen LogP contribution in [-0.2, 0) is 16.3 Å². The molecular weight excluding hydrogens is 608 g/mol. The molecule has 3 aliphatic rings. The fourth-order valence-electron chi connectivity index (χ4n) is 8.42. The number of hydrogen-bond acceptors (Lipinski definition) is 5. The number of benzene rings is 1. The van der Waals surface area contributed by atoms with Gasteiger partial charge in [-0.2, -0.15) is 22.0 Å². The summed E-state index contributed by atoms with van der Waals surface area (Å²) in [5, 5.41) is 20.9. The third-order valence-electron chi connectivity index (χ3n) is 10.7. The quantitative estimate of drug-likeness (QED) is 0.166. The number of nitrogens with zero attached hydrogens (tertiary/aromatic N) is 1. The van der Waals surface area contributed by atoms with Gasteiger partial charge in [-0.1, -0.05) is 25.8 Å². The number of unbranched alkanes of at least 4 members (excludes halogenated alkanes) is 2. The van der Waals surface area contributed by atoms with Crippen molar-refractivity contribution in [2.45, 2.75) is 108 Å². The first kappa shape index (κ1) is 35.3. The maximum absolute atomic E-state index is 15.9. The van der Waals surface area contributed by atoms with Gasteiger partial charge in [-0.05, 0) is 118 Å². The summed E-state index contributed by atoms with van der Waals surface area (Å²) in [5.41, 5.74) is 1.60. The highest BCUT2D eigenvalue weighted by molar-refractivity contribution is 7.91. The van der Waals surface area contributed by atoms with Crippen LogP contribution in [0.3, 0.4) is 0 Å². The first-order chi connectivity index (χ1) is 20.4. The molecule has 0 aliphatic heterocycles. The van der Waals surface area contributed by atoms with Gasteiger partial charge in [0.05, 0.1) is 17.6 Å². The number of aliphatic hydroxyl groups excluding tert-OH is 1. The van der Waals surface area contributed by atoms with E-state index in [2.05, 4.69) is 6.92 Å². The van der Waals surface area contributed by atoms with E-state index < -0.39 is 58.2 Å². The number of alkyl halides is 6. The summed E-state index contributed by atoms with van der Waals surface area (Å²) in [6.45, 7) is 3.24. The number of fused-ring (bicyclic) bond motifs is 5. The third-order valence-corrected chi connectivity index (χ3v) is 12.6. The molecule has 0 saturated heterocycles. The molecule has 252 valence electrons. The molecule has 12 heteroatoms. The maximum Gasteiger partial charge on any atom is 0.453 e. The van der Waals surface area contributed by atoms with E-state index in [0.717, 1.165) is 56.2 Å². The van der Waals surface area contributed by atoms with Crippen LogP contribution in [-0.4, -0.2) is 79.5 Å². The minimum Gasteiger partial charge on any atom is -0.508 e. The number of halogens is 6. The normalized spacial score (nSPS) is 30.7. The minimum atomic E-state index is -5.68. The predicted octanol–water partition coefficient (Wildman–Crippen LogP) is 7.06. The zero-order valence-corrected chi connectivity index (χ0v) is 26.5. The third kappa shape index (κ3) is 7.88. The van der Waals surface area contributed by atoms with Crippen LogP contribution < -0.4 is 0 Å². The molecule has 0 unspecified atom stereocenters. The van der Waals surface area contributed by atoms with E-state index in [9.17, 15) is 40.6 Å². The van der Waals surface area contributed by atoms with E-state index in [0.29, 0.717) is 19.4 Å². The van der Waals surface area contributed by atoms with Crippen LogP contribution in [0.2, 0.25) is 0 Å². The average molecular weight is 656 g/mol. The summed E-state index contributed by atoms with van der Waals surface area (Å²) in [6, 6.07) is 5.30. The number of aromatic hydroxyl groups is 1. The van der Waals surface area contributed by atoms with Gasteiger partial charge in [0, 0.05) is 12.3 Å². The lowest BCUT2D eigenvalue weighted by atomic mass is 9.51. The molecule has 0 heterocycles. The van der Waals surface area contributed by atoms with Crippen molar-refractivity contribution >= 4 is 9.84 Å². The highest BCUT2D eigenvalue weighted by atomic mass is 32.2. The Morgan fingerprint density at radius 1 is 1.00 bits per heavy atom. The molecule has 1 aromatic rings. The minimum absolute atomic E-state index is 0.141. The smallest absolute Gasteiger partial charge is 0.453 e.